The molecule has 1 aromatic heterocycles. The van der Waals surface area contributed by atoms with Crippen LogP contribution in [-0.4, -0.2) is 22.9 Å². The number of hydrogen-bond acceptors (Lipinski definition) is 3. The van der Waals surface area contributed by atoms with Crippen molar-refractivity contribution >= 4 is 17.2 Å². The van der Waals surface area contributed by atoms with Crippen LogP contribution in [-0.2, 0) is 11.3 Å². The number of hydrogen-bond donors (Lipinski definition) is 1. The van der Waals surface area contributed by atoms with E-state index in [1.54, 1.807) is 11.3 Å². The molecule has 0 saturated heterocycles. The molecule has 1 aliphatic rings. The lowest BCUT2D eigenvalue weighted by atomic mass is 9.93. The topological polar surface area (TPSA) is 46.3 Å². The number of amides is 1. The number of thiophene rings is 1. The minimum Gasteiger partial charge on any atom is -0.335 e. The lowest BCUT2D eigenvalue weighted by molar-refractivity contribution is -0.138. The molecule has 20 heavy (non-hydrogen) atoms. The van der Waals surface area contributed by atoms with Gasteiger partial charge in [-0.25, -0.2) is 0 Å². The Morgan fingerprint density at radius 1 is 1.40 bits per heavy atom. The molecule has 1 heterocycles. The SMILES string of the molecule is CC(C)N(Cc1cccs1)C(=O)C1CCCCCC1N. The lowest BCUT2D eigenvalue weighted by Crippen LogP contribution is -2.46. The predicted molar refractivity (Wildman–Crippen MR) is 84.6 cm³/mol. The van der Waals surface area contributed by atoms with E-state index in [-0.39, 0.29) is 23.9 Å². The maximum atomic E-state index is 12.9. The second kappa shape index (κ2) is 7.23. The monoisotopic (exact) mass is 294 g/mol. The van der Waals surface area contributed by atoms with Crippen LogP contribution >= 0.6 is 11.3 Å². The summed E-state index contributed by atoms with van der Waals surface area (Å²) in [6.07, 6.45) is 5.45. The standard InChI is InChI=1S/C16H26N2OS/c1-12(2)18(11-13-7-6-10-20-13)16(19)14-8-4-3-5-9-15(14)17/h6-7,10,12,14-15H,3-5,8-9,11,17H2,1-2H3. The van der Waals surface area contributed by atoms with E-state index in [1.807, 2.05) is 11.0 Å². The summed E-state index contributed by atoms with van der Waals surface area (Å²) >= 11 is 1.71. The van der Waals surface area contributed by atoms with E-state index in [0.717, 1.165) is 32.2 Å². The van der Waals surface area contributed by atoms with Crippen LogP contribution in [0, 0.1) is 5.92 Å². The third-order valence-corrected chi connectivity index (χ3v) is 5.06. The van der Waals surface area contributed by atoms with Crippen LogP contribution in [0.25, 0.3) is 0 Å². The zero-order valence-corrected chi connectivity index (χ0v) is 13.4. The summed E-state index contributed by atoms with van der Waals surface area (Å²) in [5, 5.41) is 2.07. The molecular weight excluding hydrogens is 268 g/mol. The molecule has 0 bridgehead atoms. The van der Waals surface area contributed by atoms with Crippen molar-refractivity contribution in [1.29, 1.82) is 0 Å². The molecule has 1 saturated carbocycles. The lowest BCUT2D eigenvalue weighted by Gasteiger charge is -2.32. The first kappa shape index (κ1) is 15.5. The fourth-order valence-corrected chi connectivity index (χ4v) is 3.64. The van der Waals surface area contributed by atoms with Gasteiger partial charge in [0.25, 0.3) is 0 Å². The third-order valence-electron chi connectivity index (χ3n) is 4.20. The summed E-state index contributed by atoms with van der Waals surface area (Å²) in [5.41, 5.74) is 6.25. The fraction of sp³-hybridized carbons (Fsp3) is 0.688. The highest BCUT2D eigenvalue weighted by Gasteiger charge is 2.31. The van der Waals surface area contributed by atoms with Crippen LogP contribution in [0.1, 0.15) is 50.8 Å². The number of nitrogens with two attached hydrogens (primary N) is 1. The maximum absolute atomic E-state index is 12.9. The van der Waals surface area contributed by atoms with E-state index in [1.165, 1.54) is 11.3 Å². The van der Waals surface area contributed by atoms with Crippen molar-refractivity contribution in [3.8, 4) is 0 Å². The average Bonchev–Trinajstić information content (AvgIpc) is 2.83. The molecular formula is C16H26N2OS. The number of nitrogens with zero attached hydrogens (tertiary/aromatic N) is 1. The molecule has 0 radical (unpaired) electrons. The summed E-state index contributed by atoms with van der Waals surface area (Å²) in [7, 11) is 0. The molecule has 0 aromatic carbocycles. The number of carbonyl (C=O) groups is 1. The Bertz CT molecular complexity index is 416. The van der Waals surface area contributed by atoms with Crippen molar-refractivity contribution in [2.45, 2.75) is 64.6 Å². The molecule has 0 aliphatic heterocycles. The van der Waals surface area contributed by atoms with Crippen LogP contribution in [0.4, 0.5) is 0 Å². The van der Waals surface area contributed by atoms with Gasteiger partial charge in [0.05, 0.1) is 12.5 Å². The molecule has 1 aliphatic carbocycles. The normalized spacial score (nSPS) is 23.6. The molecule has 2 rings (SSSR count). The highest BCUT2D eigenvalue weighted by molar-refractivity contribution is 7.09. The Balaban J connectivity index is 2.09. The first-order chi connectivity index (χ1) is 9.59. The number of rotatable bonds is 4. The summed E-state index contributed by atoms with van der Waals surface area (Å²) < 4.78 is 0. The Labute approximate surface area is 126 Å². The van der Waals surface area contributed by atoms with Gasteiger partial charge in [0.1, 0.15) is 0 Å². The van der Waals surface area contributed by atoms with Gasteiger partial charge in [0.2, 0.25) is 5.91 Å². The quantitative estimate of drug-likeness (QED) is 0.865. The molecule has 2 N–H and O–H groups in total. The summed E-state index contributed by atoms with van der Waals surface area (Å²) in [4.78, 5) is 16.1. The van der Waals surface area contributed by atoms with Crippen LogP contribution < -0.4 is 5.73 Å². The summed E-state index contributed by atoms with van der Waals surface area (Å²) in [6.45, 7) is 4.90. The first-order valence-electron chi connectivity index (χ1n) is 7.68. The highest BCUT2D eigenvalue weighted by atomic mass is 32.1. The Morgan fingerprint density at radius 3 is 2.80 bits per heavy atom. The van der Waals surface area contributed by atoms with E-state index < -0.39 is 0 Å². The van der Waals surface area contributed by atoms with Crippen LogP contribution in [0.2, 0.25) is 0 Å². The Hall–Kier alpha value is -0.870. The molecule has 1 fully saturated rings. The van der Waals surface area contributed by atoms with Crippen molar-refractivity contribution < 1.29 is 4.79 Å². The highest BCUT2D eigenvalue weighted by Crippen LogP contribution is 2.26. The van der Waals surface area contributed by atoms with Crippen LogP contribution in [0.5, 0.6) is 0 Å². The fourth-order valence-electron chi connectivity index (χ4n) is 2.94. The second-order valence-corrected chi connectivity index (χ2v) is 7.08. The van der Waals surface area contributed by atoms with Gasteiger partial charge in [-0.2, -0.15) is 0 Å². The summed E-state index contributed by atoms with van der Waals surface area (Å²) in [5.74, 6) is 0.266. The number of carbonyl (C=O) groups excluding carboxylic acids is 1. The van der Waals surface area contributed by atoms with Gasteiger partial charge < -0.3 is 10.6 Å². The van der Waals surface area contributed by atoms with E-state index in [2.05, 4.69) is 25.3 Å². The minimum atomic E-state index is 0.0138. The van der Waals surface area contributed by atoms with Crippen molar-refractivity contribution in [2.24, 2.45) is 11.7 Å². The van der Waals surface area contributed by atoms with Crippen LogP contribution in [0.15, 0.2) is 17.5 Å². The Morgan fingerprint density at radius 2 is 2.15 bits per heavy atom. The first-order valence-corrected chi connectivity index (χ1v) is 8.56. The van der Waals surface area contributed by atoms with Gasteiger partial charge >= 0.3 is 0 Å². The molecule has 2 atom stereocenters. The summed E-state index contributed by atoms with van der Waals surface area (Å²) in [6, 6.07) is 4.40. The zero-order valence-electron chi connectivity index (χ0n) is 12.5. The van der Waals surface area contributed by atoms with Crippen molar-refractivity contribution in [1.82, 2.24) is 4.90 Å². The third kappa shape index (κ3) is 3.83. The Kier molecular flexibility index (Phi) is 5.61. The van der Waals surface area contributed by atoms with E-state index in [9.17, 15) is 4.79 Å². The average molecular weight is 294 g/mol. The van der Waals surface area contributed by atoms with E-state index in [4.69, 9.17) is 5.73 Å². The minimum absolute atomic E-state index is 0.0138. The zero-order chi connectivity index (χ0) is 14.5. The second-order valence-electron chi connectivity index (χ2n) is 6.05. The van der Waals surface area contributed by atoms with Gasteiger partial charge in [-0.1, -0.05) is 25.3 Å². The van der Waals surface area contributed by atoms with Crippen molar-refractivity contribution in [2.75, 3.05) is 0 Å². The van der Waals surface area contributed by atoms with Gasteiger partial charge in [-0.15, -0.1) is 11.3 Å². The molecule has 1 amide bonds. The molecule has 1 aromatic rings. The van der Waals surface area contributed by atoms with Crippen molar-refractivity contribution in [3.05, 3.63) is 22.4 Å². The van der Waals surface area contributed by atoms with Crippen LogP contribution in [0.3, 0.4) is 0 Å². The molecule has 3 nitrogen and oxygen atoms in total. The smallest absolute Gasteiger partial charge is 0.227 e. The molecule has 2 unspecified atom stereocenters. The van der Waals surface area contributed by atoms with Crippen molar-refractivity contribution in [3.63, 3.8) is 0 Å². The largest absolute Gasteiger partial charge is 0.335 e. The van der Waals surface area contributed by atoms with Gasteiger partial charge in [0, 0.05) is 17.0 Å². The van der Waals surface area contributed by atoms with E-state index >= 15 is 0 Å². The molecule has 112 valence electrons. The van der Waals surface area contributed by atoms with E-state index in [0.29, 0.717) is 0 Å². The van der Waals surface area contributed by atoms with Gasteiger partial charge in [0.15, 0.2) is 0 Å². The molecule has 4 heteroatoms. The predicted octanol–water partition coefficient (Wildman–Crippen LogP) is 3.39. The van der Waals surface area contributed by atoms with Gasteiger partial charge in [-0.3, -0.25) is 4.79 Å². The van der Waals surface area contributed by atoms with Gasteiger partial charge in [-0.05, 0) is 38.1 Å². The molecule has 0 spiro atoms. The maximum Gasteiger partial charge on any atom is 0.227 e.